The number of carbonyl (C=O) groups is 1. The van der Waals surface area contributed by atoms with Crippen LogP contribution in [0.25, 0.3) is 0 Å². The van der Waals surface area contributed by atoms with Crippen LogP contribution in [0.15, 0.2) is 45.8 Å². The average Bonchev–Trinajstić information content (AvgIpc) is 2.76. The molecule has 162 valence electrons. The van der Waals surface area contributed by atoms with E-state index in [9.17, 15) is 17.6 Å². The first-order chi connectivity index (χ1) is 14.2. The minimum atomic E-state index is -3.85. The topological polar surface area (TPSA) is 86.7 Å². The number of carboxylic acids is 1. The molecule has 1 heterocycles. The molecule has 6 nitrogen and oxygen atoms in total. The van der Waals surface area contributed by atoms with E-state index >= 15 is 0 Å². The second-order valence-corrected chi connectivity index (χ2v) is 10.1. The molecule has 1 atom stereocenters. The summed E-state index contributed by atoms with van der Waals surface area (Å²) in [5.41, 5.74) is 1.68. The molecule has 1 aliphatic heterocycles. The molecule has 9 heteroatoms. The third-order valence-corrected chi connectivity index (χ3v) is 7.69. The molecule has 0 aliphatic carbocycles. The molecule has 0 amide bonds. The third-order valence-electron chi connectivity index (χ3n) is 5.26. The van der Waals surface area contributed by atoms with Crippen LogP contribution in [0, 0.1) is 5.82 Å². The first kappa shape index (κ1) is 22.7. The maximum absolute atomic E-state index is 14.4. The fourth-order valence-electron chi connectivity index (χ4n) is 3.68. The van der Waals surface area contributed by atoms with E-state index in [1.165, 1.54) is 23.5 Å². The van der Waals surface area contributed by atoms with E-state index in [4.69, 9.17) is 5.11 Å². The van der Waals surface area contributed by atoms with Gasteiger partial charge in [0.2, 0.25) is 0 Å². The van der Waals surface area contributed by atoms with E-state index in [-0.39, 0.29) is 15.8 Å². The zero-order valence-electron chi connectivity index (χ0n) is 16.6. The molecule has 1 unspecified atom stereocenters. The minimum absolute atomic E-state index is 0.0634. The Morgan fingerprint density at radius 1 is 1.17 bits per heavy atom. The standard InChI is InChI=1S/C21H24BrFN2O4S/c1-25-18-9-6-5-8-14(18)21(24-11-7-3-2-4-10-20(26)27)15-12-17(23)16(22)13-19(15)30(25,28)29/h5-6,8-9,12-13,21,24H,2-4,7,10-11H2,1H3,(H,26,27). The van der Waals surface area contributed by atoms with Gasteiger partial charge in [-0.1, -0.05) is 31.0 Å². The van der Waals surface area contributed by atoms with Crippen molar-refractivity contribution in [2.75, 3.05) is 17.9 Å². The largest absolute Gasteiger partial charge is 0.481 e. The van der Waals surface area contributed by atoms with Gasteiger partial charge in [0.1, 0.15) is 5.82 Å². The molecule has 1 aliphatic rings. The maximum Gasteiger partial charge on any atom is 0.303 e. The van der Waals surface area contributed by atoms with Crippen molar-refractivity contribution in [1.82, 2.24) is 5.32 Å². The summed E-state index contributed by atoms with van der Waals surface area (Å²) in [5.74, 6) is -1.32. The van der Waals surface area contributed by atoms with Crippen molar-refractivity contribution in [2.45, 2.75) is 43.0 Å². The van der Waals surface area contributed by atoms with E-state index in [1.54, 1.807) is 12.1 Å². The van der Waals surface area contributed by atoms with Gasteiger partial charge in [-0.2, -0.15) is 0 Å². The van der Waals surface area contributed by atoms with Gasteiger partial charge in [-0.25, -0.2) is 12.8 Å². The zero-order valence-corrected chi connectivity index (χ0v) is 19.0. The number of para-hydroxylation sites is 1. The van der Waals surface area contributed by atoms with Gasteiger partial charge in [-0.05, 0) is 64.6 Å². The van der Waals surface area contributed by atoms with Crippen LogP contribution in [0.2, 0.25) is 0 Å². The summed E-state index contributed by atoms with van der Waals surface area (Å²) in [6.45, 7) is 0.590. The number of nitrogens with zero attached hydrogens (tertiary/aromatic N) is 1. The number of unbranched alkanes of at least 4 members (excludes halogenated alkanes) is 3. The predicted octanol–water partition coefficient (Wildman–Crippen LogP) is 4.44. The number of benzene rings is 2. The molecule has 2 aromatic rings. The fraction of sp³-hybridized carbons (Fsp3) is 0.381. The minimum Gasteiger partial charge on any atom is -0.481 e. The molecule has 0 aromatic heterocycles. The zero-order chi connectivity index (χ0) is 21.9. The number of fused-ring (bicyclic) bond motifs is 2. The van der Waals surface area contributed by atoms with Crippen molar-refractivity contribution in [3.8, 4) is 0 Å². The van der Waals surface area contributed by atoms with Crippen molar-refractivity contribution in [3.05, 3.63) is 57.8 Å². The number of sulfonamides is 1. The Morgan fingerprint density at radius 3 is 2.60 bits per heavy atom. The Hall–Kier alpha value is -1.97. The van der Waals surface area contributed by atoms with Crippen LogP contribution in [0.5, 0.6) is 0 Å². The number of halogens is 2. The molecule has 3 rings (SSSR count). The third kappa shape index (κ3) is 4.68. The van der Waals surface area contributed by atoms with E-state index in [0.29, 0.717) is 24.2 Å². The molecular formula is C21H24BrFN2O4S. The Balaban J connectivity index is 1.90. The summed E-state index contributed by atoms with van der Waals surface area (Å²) in [6, 6.07) is 9.31. The lowest BCUT2D eigenvalue weighted by atomic mass is 9.96. The van der Waals surface area contributed by atoms with Crippen molar-refractivity contribution >= 4 is 37.6 Å². The molecule has 2 N–H and O–H groups in total. The SMILES string of the molecule is CN1c2ccccc2C(NCCCCCCC(=O)O)c2cc(F)c(Br)cc2S1(=O)=O. The second kappa shape index (κ2) is 9.45. The average molecular weight is 499 g/mol. The van der Waals surface area contributed by atoms with Crippen molar-refractivity contribution in [1.29, 1.82) is 0 Å². The van der Waals surface area contributed by atoms with Gasteiger partial charge in [0, 0.05) is 13.5 Å². The summed E-state index contributed by atoms with van der Waals surface area (Å²) in [6.07, 6.45) is 3.26. The van der Waals surface area contributed by atoms with Crippen LogP contribution in [0.3, 0.4) is 0 Å². The summed E-state index contributed by atoms with van der Waals surface area (Å²) in [5, 5.41) is 12.1. The Labute approximate surface area is 184 Å². The van der Waals surface area contributed by atoms with Crippen molar-refractivity contribution in [3.63, 3.8) is 0 Å². The number of hydrogen-bond donors (Lipinski definition) is 2. The number of hydrogen-bond acceptors (Lipinski definition) is 4. The van der Waals surface area contributed by atoms with Crippen molar-refractivity contribution < 1.29 is 22.7 Å². The number of rotatable bonds is 8. The van der Waals surface area contributed by atoms with Gasteiger partial charge in [0.05, 0.1) is 21.1 Å². The first-order valence-corrected chi connectivity index (χ1v) is 12.0. The number of nitrogens with one attached hydrogen (secondary N) is 1. The molecule has 0 saturated carbocycles. The summed E-state index contributed by atoms with van der Waals surface area (Å²) < 4.78 is 42.1. The lowest BCUT2D eigenvalue weighted by Crippen LogP contribution is -2.26. The Bertz CT molecular complexity index is 1050. The van der Waals surface area contributed by atoms with Crippen molar-refractivity contribution in [2.24, 2.45) is 0 Å². The Kier molecular flexibility index (Phi) is 7.15. The molecular weight excluding hydrogens is 475 g/mol. The molecule has 0 fully saturated rings. The van der Waals surface area contributed by atoms with E-state index in [0.717, 1.165) is 24.8 Å². The van der Waals surface area contributed by atoms with Gasteiger partial charge in [-0.15, -0.1) is 0 Å². The maximum atomic E-state index is 14.4. The number of carboxylic acid groups (broad SMARTS) is 1. The van der Waals surface area contributed by atoms with Gasteiger partial charge in [-0.3, -0.25) is 9.10 Å². The molecule has 0 spiro atoms. The summed E-state index contributed by atoms with van der Waals surface area (Å²) in [7, 11) is -2.35. The predicted molar refractivity (Wildman–Crippen MR) is 117 cm³/mol. The van der Waals surface area contributed by atoms with Crippen LogP contribution in [0.1, 0.15) is 49.3 Å². The van der Waals surface area contributed by atoms with E-state index in [2.05, 4.69) is 21.2 Å². The highest BCUT2D eigenvalue weighted by atomic mass is 79.9. The molecule has 0 bridgehead atoms. The van der Waals surface area contributed by atoms with Gasteiger partial charge in [0.15, 0.2) is 0 Å². The first-order valence-electron chi connectivity index (χ1n) is 9.75. The summed E-state index contributed by atoms with van der Waals surface area (Å²) >= 11 is 3.10. The van der Waals surface area contributed by atoms with Gasteiger partial charge in [0.25, 0.3) is 10.0 Å². The highest BCUT2D eigenvalue weighted by molar-refractivity contribution is 9.10. The van der Waals surface area contributed by atoms with Gasteiger partial charge >= 0.3 is 5.97 Å². The molecule has 2 aromatic carbocycles. The lowest BCUT2D eigenvalue weighted by molar-refractivity contribution is -0.137. The second-order valence-electron chi connectivity index (χ2n) is 7.28. The quantitative estimate of drug-likeness (QED) is 0.525. The molecule has 0 saturated heterocycles. The molecule has 30 heavy (non-hydrogen) atoms. The highest BCUT2D eigenvalue weighted by Gasteiger charge is 2.35. The summed E-state index contributed by atoms with van der Waals surface area (Å²) in [4.78, 5) is 10.7. The van der Waals surface area contributed by atoms with Crippen LogP contribution in [-0.2, 0) is 14.8 Å². The van der Waals surface area contributed by atoms with E-state index < -0.39 is 27.9 Å². The van der Waals surface area contributed by atoms with E-state index in [1.807, 2.05) is 12.1 Å². The number of anilines is 1. The van der Waals surface area contributed by atoms with Gasteiger partial charge < -0.3 is 10.4 Å². The Morgan fingerprint density at radius 2 is 1.87 bits per heavy atom. The monoisotopic (exact) mass is 498 g/mol. The normalized spacial score (nSPS) is 17.2. The smallest absolute Gasteiger partial charge is 0.303 e. The highest BCUT2D eigenvalue weighted by Crippen LogP contribution is 2.41. The van der Waals surface area contributed by atoms with Crippen LogP contribution in [-0.4, -0.2) is 33.1 Å². The lowest BCUT2D eigenvalue weighted by Gasteiger charge is -2.22. The van der Waals surface area contributed by atoms with Crippen LogP contribution in [0.4, 0.5) is 10.1 Å². The van der Waals surface area contributed by atoms with Crippen LogP contribution >= 0.6 is 15.9 Å². The van der Waals surface area contributed by atoms with Crippen LogP contribution < -0.4 is 9.62 Å². The fourth-order valence-corrected chi connectivity index (χ4v) is 5.63. The number of aliphatic carboxylic acids is 1. The molecule has 0 radical (unpaired) electrons.